The zero-order valence-electron chi connectivity index (χ0n) is 3.42. The Morgan fingerprint density at radius 3 is 0.750 bits per heavy atom. The molecule has 0 aliphatic carbocycles. The molecule has 0 spiro atoms. The number of hydrogen-bond acceptors (Lipinski definition) is 0. The molecular formula is H2Cl2F4Si2. The molecule has 8 heavy (non-hydrogen) atoms. The van der Waals surface area contributed by atoms with E-state index in [0.717, 1.165) is 0 Å². The largest absolute Gasteiger partial charge is 0.506 e. The number of hydrogen-bond donors (Lipinski definition) is 0. The van der Waals surface area contributed by atoms with Crippen LogP contribution in [0.1, 0.15) is 0 Å². The lowest BCUT2D eigenvalue weighted by atomic mass is 18.8. The second-order valence-corrected chi connectivity index (χ2v) is 3.46. The van der Waals surface area contributed by atoms with Gasteiger partial charge in [0.25, 0.3) is 0 Å². The first-order valence-corrected chi connectivity index (χ1v) is 6.55. The van der Waals surface area contributed by atoms with Crippen LogP contribution in [0.5, 0.6) is 0 Å². The van der Waals surface area contributed by atoms with Gasteiger partial charge in [-0.1, -0.05) is 22.2 Å². The zero-order chi connectivity index (χ0) is 7.15. The van der Waals surface area contributed by atoms with Gasteiger partial charge in [-0.2, -0.15) is 0 Å². The Balaban J connectivity index is 0. The topological polar surface area (TPSA) is 0 Å². The van der Waals surface area contributed by atoms with E-state index in [4.69, 9.17) is 0 Å². The van der Waals surface area contributed by atoms with Crippen LogP contribution in [0.25, 0.3) is 0 Å². The van der Waals surface area contributed by atoms with Crippen molar-refractivity contribution in [1.29, 1.82) is 0 Å². The quantitative estimate of drug-likeness (QED) is 0.321. The summed E-state index contributed by atoms with van der Waals surface area (Å²) >= 11 is 8.16. The van der Waals surface area contributed by atoms with E-state index >= 15 is 0 Å². The standard InChI is InChI=1S/2ClF2HSi/c2*1-4(2)3/h2*4H. The highest BCUT2D eigenvalue weighted by molar-refractivity contribution is 6.98. The first-order chi connectivity index (χ1) is 3.46. The van der Waals surface area contributed by atoms with Gasteiger partial charge in [-0.3, -0.25) is 16.4 Å². The molecule has 0 amide bonds. The van der Waals surface area contributed by atoms with Crippen molar-refractivity contribution in [3.63, 3.8) is 0 Å². The van der Waals surface area contributed by atoms with E-state index in [0.29, 0.717) is 0 Å². The molecule has 0 aromatic heterocycles. The second kappa shape index (κ2) is 7.73. The van der Waals surface area contributed by atoms with Gasteiger partial charge >= 0.3 is 17.5 Å². The predicted molar refractivity (Wildman–Crippen MR) is 30.4 cm³/mol. The molecule has 0 aliphatic heterocycles. The summed E-state index contributed by atoms with van der Waals surface area (Å²) in [5, 5.41) is 0. The van der Waals surface area contributed by atoms with Gasteiger partial charge in [-0.25, -0.2) is 0 Å². The van der Waals surface area contributed by atoms with Gasteiger partial charge in [0, 0.05) is 0 Å². The Hall–Kier alpha value is 0.734. The van der Waals surface area contributed by atoms with Crippen molar-refractivity contribution in [2.45, 2.75) is 0 Å². The van der Waals surface area contributed by atoms with Gasteiger partial charge in [-0.05, 0) is 0 Å². The molecule has 0 aromatic rings. The molecule has 0 saturated heterocycles. The maximum Gasteiger partial charge on any atom is 0.506 e. The first-order valence-electron chi connectivity index (χ1n) is 1.31. The van der Waals surface area contributed by atoms with E-state index in [1.54, 1.807) is 0 Å². The van der Waals surface area contributed by atoms with Crippen LogP contribution < -0.4 is 0 Å². The third kappa shape index (κ3) is 411. The molecule has 0 fully saturated rings. The summed E-state index contributed by atoms with van der Waals surface area (Å²) in [7, 11) is -7.33. The minimum atomic E-state index is -3.67. The summed E-state index contributed by atoms with van der Waals surface area (Å²) in [6.45, 7) is 0. The highest BCUT2D eigenvalue weighted by Gasteiger charge is 1.92. The van der Waals surface area contributed by atoms with E-state index < -0.39 is 17.5 Å². The first kappa shape index (κ1) is 11.5. The maximum atomic E-state index is 10.2. The number of halogens is 6. The second-order valence-electron chi connectivity index (χ2n) is 0.495. The highest BCUT2D eigenvalue weighted by atomic mass is 35.6. The van der Waals surface area contributed by atoms with Gasteiger partial charge in [0.2, 0.25) is 0 Å². The molecule has 0 nitrogen and oxygen atoms in total. The van der Waals surface area contributed by atoms with Crippen LogP contribution in [0, 0.1) is 0 Å². The average molecular weight is 205 g/mol. The summed E-state index contributed by atoms with van der Waals surface area (Å²) < 4.78 is 41.0. The van der Waals surface area contributed by atoms with Gasteiger partial charge in [-0.15, -0.1) is 0 Å². The van der Waals surface area contributed by atoms with E-state index in [-0.39, 0.29) is 0 Å². The molecule has 0 aliphatic rings. The van der Waals surface area contributed by atoms with Crippen molar-refractivity contribution < 1.29 is 16.4 Å². The fourth-order valence-electron chi connectivity index (χ4n) is 0. The summed E-state index contributed by atoms with van der Waals surface area (Å²) in [6, 6.07) is 0. The van der Waals surface area contributed by atoms with Crippen LogP contribution in [0.15, 0.2) is 0 Å². The minimum Gasteiger partial charge on any atom is -0.256 e. The zero-order valence-corrected chi connectivity index (χ0v) is 7.24. The van der Waals surface area contributed by atoms with Crippen LogP contribution >= 0.6 is 22.2 Å². The lowest BCUT2D eigenvalue weighted by molar-refractivity contribution is 0.697. The van der Waals surface area contributed by atoms with E-state index in [1.807, 2.05) is 0 Å². The van der Waals surface area contributed by atoms with Crippen LogP contribution in [0.3, 0.4) is 0 Å². The Labute approximate surface area is 56.7 Å². The maximum absolute atomic E-state index is 10.2. The summed E-state index contributed by atoms with van der Waals surface area (Å²) in [4.78, 5) is 0. The summed E-state index contributed by atoms with van der Waals surface area (Å²) in [6.07, 6.45) is 0. The van der Waals surface area contributed by atoms with Crippen molar-refractivity contribution in [1.82, 2.24) is 0 Å². The summed E-state index contributed by atoms with van der Waals surface area (Å²) in [5.74, 6) is 0. The van der Waals surface area contributed by atoms with Gasteiger partial charge in [0.05, 0.1) is 0 Å². The molecule has 8 heteroatoms. The average Bonchev–Trinajstić information content (AvgIpc) is 1.25. The Bertz CT molecular complexity index is 27.5. The lowest BCUT2D eigenvalue weighted by Crippen LogP contribution is -1.73. The molecular weight excluding hydrogens is 203 g/mol. The van der Waals surface area contributed by atoms with E-state index in [9.17, 15) is 16.4 Å². The smallest absolute Gasteiger partial charge is 0.256 e. The molecule has 0 unspecified atom stereocenters. The third-order valence-electron chi connectivity index (χ3n) is 0. The molecule has 0 rings (SSSR count). The van der Waals surface area contributed by atoms with Crippen LogP contribution in [-0.4, -0.2) is 17.5 Å². The highest BCUT2D eigenvalue weighted by Crippen LogP contribution is 1.87. The minimum absolute atomic E-state index is 3.67. The monoisotopic (exact) mass is 204 g/mol. The van der Waals surface area contributed by atoms with E-state index in [1.165, 1.54) is 0 Å². The van der Waals surface area contributed by atoms with Crippen LogP contribution in [0.2, 0.25) is 0 Å². The molecule has 0 atom stereocenters. The van der Waals surface area contributed by atoms with Gasteiger partial charge in [0.1, 0.15) is 0 Å². The Morgan fingerprint density at radius 1 is 0.750 bits per heavy atom. The lowest BCUT2D eigenvalue weighted by Gasteiger charge is -1.62. The molecule has 0 heterocycles. The molecule has 0 bridgehead atoms. The Morgan fingerprint density at radius 2 is 0.750 bits per heavy atom. The third-order valence-corrected chi connectivity index (χ3v) is 0. The van der Waals surface area contributed by atoms with Crippen molar-refractivity contribution >= 4 is 39.7 Å². The van der Waals surface area contributed by atoms with Crippen molar-refractivity contribution in [3.8, 4) is 0 Å². The molecule has 0 aromatic carbocycles. The van der Waals surface area contributed by atoms with Crippen molar-refractivity contribution in [2.75, 3.05) is 0 Å². The van der Waals surface area contributed by atoms with Gasteiger partial charge < -0.3 is 0 Å². The fourth-order valence-corrected chi connectivity index (χ4v) is 0. The molecule has 52 valence electrons. The Kier molecular flexibility index (Phi) is 11.1. The fraction of sp³-hybridized carbons (Fsp3) is 0. The normalized spacial score (nSPS) is 9.00. The van der Waals surface area contributed by atoms with Gasteiger partial charge in [0.15, 0.2) is 0 Å². The van der Waals surface area contributed by atoms with Crippen molar-refractivity contribution in [3.05, 3.63) is 0 Å². The number of rotatable bonds is 0. The molecule has 0 N–H and O–H groups in total. The predicted octanol–water partition coefficient (Wildman–Crippen LogP) is 1.76. The SMILES string of the molecule is F[SiH](F)Cl.F[SiH](F)Cl. The van der Waals surface area contributed by atoms with Crippen molar-refractivity contribution in [2.24, 2.45) is 0 Å². The van der Waals surface area contributed by atoms with Crippen LogP contribution in [0.4, 0.5) is 16.4 Å². The van der Waals surface area contributed by atoms with Crippen LogP contribution in [-0.2, 0) is 0 Å². The summed E-state index contributed by atoms with van der Waals surface area (Å²) in [5.41, 5.74) is 0. The van der Waals surface area contributed by atoms with E-state index in [2.05, 4.69) is 22.2 Å². The molecule has 0 saturated carbocycles. The molecule has 0 radical (unpaired) electrons.